The highest BCUT2D eigenvalue weighted by Gasteiger charge is 2.22. The smallest absolute Gasteiger partial charge is 0.0638 e. The van der Waals surface area contributed by atoms with Crippen LogP contribution in [0.4, 0.5) is 0 Å². The third-order valence-electron chi connectivity index (χ3n) is 2.81. The number of thioether (sulfide) groups is 1. The van der Waals surface area contributed by atoms with Crippen molar-refractivity contribution in [3.8, 4) is 0 Å². The number of rotatable bonds is 4. The van der Waals surface area contributed by atoms with Gasteiger partial charge < -0.3 is 10.0 Å². The molecule has 1 heterocycles. The van der Waals surface area contributed by atoms with Gasteiger partial charge in [-0.1, -0.05) is 18.2 Å². The first kappa shape index (κ1) is 12.0. The molecule has 2 unspecified atom stereocenters. The van der Waals surface area contributed by atoms with Crippen molar-refractivity contribution in [3.05, 3.63) is 29.8 Å². The van der Waals surface area contributed by atoms with Crippen molar-refractivity contribution in [2.75, 3.05) is 20.1 Å². The van der Waals surface area contributed by atoms with Gasteiger partial charge in [-0.3, -0.25) is 0 Å². The Balaban J connectivity index is 1.87. The molecule has 3 heteroatoms. The first-order chi connectivity index (χ1) is 7.65. The van der Waals surface area contributed by atoms with E-state index in [0.717, 1.165) is 19.5 Å². The van der Waals surface area contributed by atoms with E-state index >= 15 is 0 Å². The largest absolute Gasteiger partial charge is 0.392 e. The van der Waals surface area contributed by atoms with Gasteiger partial charge in [0.2, 0.25) is 0 Å². The zero-order valence-electron chi connectivity index (χ0n) is 9.89. The van der Waals surface area contributed by atoms with Crippen molar-refractivity contribution < 1.29 is 5.11 Å². The SMILES string of the molecule is CC(O)CN(C)CC1Cc2ccccc2S1. The Kier molecular flexibility index (Phi) is 3.90. The summed E-state index contributed by atoms with van der Waals surface area (Å²) >= 11 is 1.97. The van der Waals surface area contributed by atoms with Crippen LogP contribution in [0.15, 0.2) is 29.2 Å². The number of hydrogen-bond donors (Lipinski definition) is 1. The summed E-state index contributed by atoms with van der Waals surface area (Å²) in [5.74, 6) is 0. The number of aliphatic hydroxyl groups excluding tert-OH is 1. The Bertz CT molecular complexity index is 329. The van der Waals surface area contributed by atoms with E-state index in [1.807, 2.05) is 18.7 Å². The van der Waals surface area contributed by atoms with Gasteiger partial charge in [0.25, 0.3) is 0 Å². The molecule has 1 aromatic carbocycles. The van der Waals surface area contributed by atoms with Crippen LogP contribution in [-0.4, -0.2) is 41.5 Å². The van der Waals surface area contributed by atoms with Crippen molar-refractivity contribution in [1.82, 2.24) is 4.90 Å². The Labute approximate surface area is 102 Å². The molecule has 1 N–H and O–H groups in total. The first-order valence-corrected chi connectivity index (χ1v) is 6.64. The molecular formula is C13H19NOS. The lowest BCUT2D eigenvalue weighted by Gasteiger charge is -2.21. The Morgan fingerprint density at radius 2 is 2.25 bits per heavy atom. The van der Waals surface area contributed by atoms with E-state index in [0.29, 0.717) is 5.25 Å². The number of nitrogens with zero attached hydrogens (tertiary/aromatic N) is 1. The molecule has 0 saturated heterocycles. The van der Waals surface area contributed by atoms with Gasteiger partial charge in [-0.25, -0.2) is 0 Å². The summed E-state index contributed by atoms with van der Waals surface area (Å²) in [5, 5.41) is 9.96. The molecule has 0 aromatic heterocycles. The molecule has 0 bridgehead atoms. The van der Waals surface area contributed by atoms with Crippen LogP contribution in [0, 0.1) is 0 Å². The number of fused-ring (bicyclic) bond motifs is 1. The van der Waals surface area contributed by atoms with Crippen LogP contribution in [0.1, 0.15) is 12.5 Å². The van der Waals surface area contributed by atoms with Gasteiger partial charge >= 0.3 is 0 Å². The number of aliphatic hydroxyl groups is 1. The summed E-state index contributed by atoms with van der Waals surface area (Å²) in [6, 6.07) is 8.64. The van der Waals surface area contributed by atoms with Crippen LogP contribution >= 0.6 is 11.8 Å². The lowest BCUT2D eigenvalue weighted by atomic mass is 10.1. The van der Waals surface area contributed by atoms with E-state index in [9.17, 15) is 5.11 Å². The summed E-state index contributed by atoms with van der Waals surface area (Å²) in [6.07, 6.45) is 0.920. The summed E-state index contributed by atoms with van der Waals surface area (Å²) in [5.41, 5.74) is 1.47. The highest BCUT2D eigenvalue weighted by Crippen LogP contribution is 2.36. The maximum absolute atomic E-state index is 9.32. The Morgan fingerprint density at radius 1 is 1.50 bits per heavy atom. The monoisotopic (exact) mass is 237 g/mol. The second kappa shape index (κ2) is 5.21. The average molecular weight is 237 g/mol. The van der Waals surface area contributed by atoms with E-state index in [2.05, 4.69) is 36.2 Å². The van der Waals surface area contributed by atoms with E-state index in [4.69, 9.17) is 0 Å². The minimum absolute atomic E-state index is 0.237. The van der Waals surface area contributed by atoms with Gasteiger partial charge in [0.15, 0.2) is 0 Å². The molecule has 0 saturated carbocycles. The van der Waals surface area contributed by atoms with Crippen molar-refractivity contribution in [2.45, 2.75) is 29.6 Å². The molecule has 16 heavy (non-hydrogen) atoms. The molecular weight excluding hydrogens is 218 g/mol. The van der Waals surface area contributed by atoms with E-state index in [-0.39, 0.29) is 6.10 Å². The third kappa shape index (κ3) is 3.00. The second-order valence-electron chi connectivity index (χ2n) is 4.62. The van der Waals surface area contributed by atoms with Crippen LogP contribution in [0.2, 0.25) is 0 Å². The minimum Gasteiger partial charge on any atom is -0.392 e. The molecule has 88 valence electrons. The fourth-order valence-electron chi connectivity index (χ4n) is 2.23. The van der Waals surface area contributed by atoms with Crippen LogP contribution in [0.25, 0.3) is 0 Å². The van der Waals surface area contributed by atoms with E-state index in [1.54, 1.807) is 0 Å². The molecule has 1 aromatic rings. The first-order valence-electron chi connectivity index (χ1n) is 5.76. The van der Waals surface area contributed by atoms with Gasteiger partial charge in [-0.05, 0) is 32.0 Å². The maximum Gasteiger partial charge on any atom is 0.0638 e. The minimum atomic E-state index is -0.237. The fourth-order valence-corrected chi connectivity index (χ4v) is 3.64. The molecule has 2 atom stereocenters. The van der Waals surface area contributed by atoms with Crippen molar-refractivity contribution >= 4 is 11.8 Å². The molecule has 2 rings (SSSR count). The van der Waals surface area contributed by atoms with E-state index in [1.165, 1.54) is 10.5 Å². The summed E-state index contributed by atoms with van der Waals surface area (Å²) < 4.78 is 0. The fraction of sp³-hybridized carbons (Fsp3) is 0.538. The van der Waals surface area contributed by atoms with E-state index < -0.39 is 0 Å². The molecule has 0 amide bonds. The number of hydrogen-bond acceptors (Lipinski definition) is 3. The topological polar surface area (TPSA) is 23.5 Å². The van der Waals surface area contributed by atoms with Gasteiger partial charge in [-0.15, -0.1) is 11.8 Å². The summed E-state index contributed by atoms with van der Waals surface area (Å²) in [6.45, 7) is 3.64. The Morgan fingerprint density at radius 3 is 2.94 bits per heavy atom. The standard InChI is InChI=1S/C13H19NOS/c1-10(15)8-14(2)9-12-7-11-5-3-4-6-13(11)16-12/h3-6,10,12,15H,7-9H2,1-2H3. The summed E-state index contributed by atoms with van der Waals surface area (Å²) in [4.78, 5) is 3.65. The normalized spacial score (nSPS) is 21.1. The van der Waals surface area contributed by atoms with Gasteiger partial charge in [-0.2, -0.15) is 0 Å². The Hall–Kier alpha value is -0.510. The highest BCUT2D eigenvalue weighted by atomic mass is 32.2. The summed E-state index contributed by atoms with van der Waals surface area (Å²) in [7, 11) is 2.08. The zero-order chi connectivity index (χ0) is 11.5. The van der Waals surface area contributed by atoms with Gasteiger partial charge in [0, 0.05) is 23.2 Å². The quantitative estimate of drug-likeness (QED) is 0.866. The van der Waals surface area contributed by atoms with Crippen LogP contribution in [0.5, 0.6) is 0 Å². The lowest BCUT2D eigenvalue weighted by molar-refractivity contribution is 0.142. The predicted octanol–water partition coefficient (Wildman–Crippen LogP) is 2.02. The average Bonchev–Trinajstić information content (AvgIpc) is 2.57. The lowest BCUT2D eigenvalue weighted by Crippen LogP contribution is -2.32. The molecule has 0 spiro atoms. The maximum atomic E-state index is 9.32. The van der Waals surface area contributed by atoms with Crippen LogP contribution in [0.3, 0.4) is 0 Å². The molecule has 2 nitrogen and oxygen atoms in total. The van der Waals surface area contributed by atoms with Crippen molar-refractivity contribution in [3.63, 3.8) is 0 Å². The molecule has 0 radical (unpaired) electrons. The van der Waals surface area contributed by atoms with Crippen molar-refractivity contribution in [2.24, 2.45) is 0 Å². The van der Waals surface area contributed by atoms with Gasteiger partial charge in [0.05, 0.1) is 6.10 Å². The van der Waals surface area contributed by atoms with Crippen LogP contribution in [-0.2, 0) is 6.42 Å². The van der Waals surface area contributed by atoms with Crippen molar-refractivity contribution in [1.29, 1.82) is 0 Å². The molecule has 0 fully saturated rings. The zero-order valence-corrected chi connectivity index (χ0v) is 10.7. The predicted molar refractivity (Wildman–Crippen MR) is 69.0 cm³/mol. The van der Waals surface area contributed by atoms with Crippen LogP contribution < -0.4 is 0 Å². The third-order valence-corrected chi connectivity index (χ3v) is 4.11. The second-order valence-corrected chi connectivity index (χ2v) is 5.96. The molecule has 0 aliphatic carbocycles. The molecule has 1 aliphatic rings. The van der Waals surface area contributed by atoms with Gasteiger partial charge in [0.1, 0.15) is 0 Å². The number of likely N-dealkylation sites (N-methyl/N-ethyl adjacent to an activating group) is 1. The number of benzene rings is 1. The molecule has 1 aliphatic heterocycles. The highest BCUT2D eigenvalue weighted by molar-refractivity contribution is 8.00.